The number of nitrogens with two attached hydrogens (primary N) is 1. The molecule has 0 bridgehead atoms. The number of aliphatic hydroxyl groups is 5. The Labute approximate surface area is 457 Å². The fourth-order valence-corrected chi connectivity index (χ4v) is 10.1. The summed E-state index contributed by atoms with van der Waals surface area (Å²) in [6.07, 6.45) is 38.2. The molecule has 4 unspecified atom stereocenters. The molecule has 1 heterocycles. The van der Waals surface area contributed by atoms with Gasteiger partial charge in [-0.25, -0.2) is 0 Å². The zero-order valence-electron chi connectivity index (χ0n) is 48.2. The monoisotopic (exact) mass is 1070 g/mol. The van der Waals surface area contributed by atoms with Crippen LogP contribution in [-0.2, 0) is 19.1 Å². The molecular formula is C59H119N7O9. The molecule has 1 rings (SSSR count). The van der Waals surface area contributed by atoms with Crippen molar-refractivity contribution in [3.05, 3.63) is 0 Å². The van der Waals surface area contributed by atoms with Gasteiger partial charge in [-0.15, -0.1) is 0 Å². The van der Waals surface area contributed by atoms with Crippen LogP contribution in [0.2, 0.25) is 0 Å². The molecule has 1 aliphatic heterocycles. The maximum atomic E-state index is 14.6. The van der Waals surface area contributed by atoms with Crippen LogP contribution in [0.15, 0.2) is 0 Å². The van der Waals surface area contributed by atoms with Crippen molar-refractivity contribution in [3.8, 4) is 0 Å². The molecule has 0 aromatic carbocycles. The van der Waals surface area contributed by atoms with Gasteiger partial charge in [0, 0.05) is 19.5 Å². The van der Waals surface area contributed by atoms with Crippen LogP contribution in [0.3, 0.4) is 0 Å². The molecular weight excluding hydrogens is 951 g/mol. The smallest absolute Gasteiger partial charge is 0.245 e. The van der Waals surface area contributed by atoms with E-state index in [1.807, 2.05) is 4.90 Å². The highest BCUT2D eigenvalue weighted by atomic mass is 16.7. The van der Waals surface area contributed by atoms with Crippen LogP contribution in [0, 0.1) is 0 Å². The summed E-state index contributed by atoms with van der Waals surface area (Å²) in [5.74, 6) is -3.87. The number of rotatable bonds is 55. The molecule has 444 valence electrons. The molecule has 12 N–H and O–H groups in total. The normalized spacial score (nSPS) is 19.1. The van der Waals surface area contributed by atoms with Gasteiger partial charge in [-0.1, -0.05) is 206 Å². The van der Waals surface area contributed by atoms with Gasteiger partial charge in [-0.05, 0) is 84.2 Å². The average molecular weight is 1070 g/mol. The number of carbonyl (C=O) groups excluding carboxylic acids is 3. The fraction of sp³-hybridized carbons (Fsp3) is 0.949. The fourth-order valence-electron chi connectivity index (χ4n) is 10.1. The van der Waals surface area contributed by atoms with E-state index in [1.165, 1.54) is 167 Å². The van der Waals surface area contributed by atoms with Crippen LogP contribution < -0.4 is 32.3 Å². The minimum Gasteiger partial charge on any atom is -0.391 e. The summed E-state index contributed by atoms with van der Waals surface area (Å²) in [7, 11) is 0. The lowest BCUT2D eigenvalue weighted by Crippen LogP contribution is -2.69. The van der Waals surface area contributed by atoms with Crippen molar-refractivity contribution in [2.24, 2.45) is 5.73 Å². The standard InChI is InChI=1S/C59H119N7O9/c1-3-5-7-9-11-13-15-17-19-21-23-25-27-29-31-35-47-66(48-36-32-30-28-26-24-22-20-18-16-14-12-10-8-6-4-2)57(72)51(39-40-52(68)65-54-55(70)56(71)59(74,50-67)75-58(54)73)64-53(69)49-63-46-38-45-62-43-34-33-42-61-44-37-41-60/h51,54-56,58,61-63,67,70-71,73-74H,3-50,60H2,1-2H3,(H,64,69)(H,65,68)/t51?,54-,55?,56?,58?,59+/m1/s1. The number of aliphatic hydroxyl groups excluding tert-OH is 4. The van der Waals surface area contributed by atoms with Crippen molar-refractivity contribution in [1.29, 1.82) is 0 Å². The number of ether oxygens (including phenoxy) is 1. The lowest BCUT2D eigenvalue weighted by atomic mass is 9.94. The number of hydrogen-bond donors (Lipinski definition) is 11. The molecule has 0 aromatic heterocycles. The van der Waals surface area contributed by atoms with Crippen LogP contribution in [0.4, 0.5) is 0 Å². The quantitative estimate of drug-likeness (QED) is 0.0258. The second-order valence-corrected chi connectivity index (χ2v) is 22.0. The highest BCUT2D eigenvalue weighted by Gasteiger charge is 2.53. The highest BCUT2D eigenvalue weighted by Crippen LogP contribution is 2.27. The van der Waals surface area contributed by atoms with Gasteiger partial charge in [-0.3, -0.25) is 14.4 Å². The zero-order chi connectivity index (χ0) is 54.9. The first-order valence-corrected chi connectivity index (χ1v) is 31.3. The van der Waals surface area contributed by atoms with Crippen molar-refractivity contribution in [3.63, 3.8) is 0 Å². The molecule has 75 heavy (non-hydrogen) atoms. The molecule has 0 saturated carbocycles. The van der Waals surface area contributed by atoms with Gasteiger partial charge in [0.15, 0.2) is 6.29 Å². The summed E-state index contributed by atoms with van der Waals surface area (Å²) < 4.78 is 4.98. The van der Waals surface area contributed by atoms with Crippen LogP contribution in [0.5, 0.6) is 0 Å². The van der Waals surface area contributed by atoms with E-state index >= 15 is 0 Å². The molecule has 0 spiro atoms. The molecule has 1 fully saturated rings. The second kappa shape index (κ2) is 50.2. The third kappa shape index (κ3) is 38.3. The molecule has 16 nitrogen and oxygen atoms in total. The first-order chi connectivity index (χ1) is 36.5. The zero-order valence-corrected chi connectivity index (χ0v) is 48.2. The third-order valence-electron chi connectivity index (χ3n) is 15.0. The third-order valence-corrected chi connectivity index (χ3v) is 15.0. The Morgan fingerprint density at radius 2 is 0.920 bits per heavy atom. The van der Waals surface area contributed by atoms with Crippen molar-refractivity contribution < 1.29 is 44.7 Å². The van der Waals surface area contributed by atoms with E-state index in [0.29, 0.717) is 26.2 Å². The summed E-state index contributed by atoms with van der Waals surface area (Å²) >= 11 is 0. The lowest BCUT2D eigenvalue weighted by molar-refractivity contribution is -0.372. The molecule has 0 radical (unpaired) electrons. The Kier molecular flexibility index (Phi) is 47.6. The van der Waals surface area contributed by atoms with Gasteiger partial charge in [0.25, 0.3) is 0 Å². The topological polar surface area (TPSA) is 251 Å². The number of amides is 3. The van der Waals surface area contributed by atoms with Crippen molar-refractivity contribution in [2.75, 3.05) is 65.5 Å². The highest BCUT2D eigenvalue weighted by molar-refractivity contribution is 5.89. The van der Waals surface area contributed by atoms with Crippen molar-refractivity contribution in [1.82, 2.24) is 31.5 Å². The Hall–Kier alpha value is -1.99. The average Bonchev–Trinajstić information content (AvgIpc) is 3.40. The summed E-state index contributed by atoms with van der Waals surface area (Å²) in [5.41, 5.74) is 5.55. The second-order valence-electron chi connectivity index (χ2n) is 22.0. The van der Waals surface area contributed by atoms with Crippen LogP contribution in [-0.4, -0.2) is 150 Å². The van der Waals surface area contributed by atoms with Crippen LogP contribution >= 0.6 is 0 Å². The number of nitrogens with one attached hydrogen (secondary N) is 5. The van der Waals surface area contributed by atoms with Crippen LogP contribution in [0.25, 0.3) is 0 Å². The first kappa shape index (κ1) is 71.0. The lowest BCUT2D eigenvalue weighted by Gasteiger charge is -2.44. The minimum absolute atomic E-state index is 0.00610. The van der Waals surface area contributed by atoms with Gasteiger partial charge in [0.2, 0.25) is 23.5 Å². The van der Waals surface area contributed by atoms with Gasteiger partial charge < -0.3 is 67.5 Å². The summed E-state index contributed by atoms with van der Waals surface area (Å²) in [6.45, 7) is 9.53. The molecule has 1 saturated heterocycles. The maximum Gasteiger partial charge on any atom is 0.245 e. The summed E-state index contributed by atoms with van der Waals surface area (Å²) in [6, 6.07) is -2.52. The van der Waals surface area contributed by atoms with E-state index < -0.39 is 48.9 Å². The predicted octanol–water partition coefficient (Wildman–Crippen LogP) is 8.13. The molecule has 0 aliphatic carbocycles. The van der Waals surface area contributed by atoms with E-state index in [4.69, 9.17) is 10.5 Å². The molecule has 16 heteroatoms. The maximum absolute atomic E-state index is 14.6. The molecule has 0 aromatic rings. The Morgan fingerprint density at radius 1 is 0.533 bits per heavy atom. The van der Waals surface area contributed by atoms with Gasteiger partial charge in [0.1, 0.15) is 24.3 Å². The van der Waals surface area contributed by atoms with Crippen LogP contribution in [0.1, 0.15) is 258 Å². The molecule has 1 aliphatic rings. The summed E-state index contributed by atoms with van der Waals surface area (Å²) in [5, 5.41) is 66.8. The molecule has 6 atom stereocenters. The van der Waals surface area contributed by atoms with Gasteiger partial charge in [-0.2, -0.15) is 0 Å². The number of unbranched alkanes of at least 4 members (excludes halogenated alkanes) is 31. The number of nitrogens with zero attached hydrogens (tertiary/aromatic N) is 1. The minimum atomic E-state index is -2.61. The Balaban J connectivity index is 2.84. The van der Waals surface area contributed by atoms with E-state index in [1.54, 1.807) is 0 Å². The SMILES string of the molecule is CCCCCCCCCCCCCCCCCCN(CCCCCCCCCCCCCCCCCC)C(=O)C(CCC(=O)N[C@H]1C(O)O[C@@](O)(CO)C(O)C1O)NC(=O)CNCCCNCCCCNCCCN. The number of hydrogen-bond acceptors (Lipinski definition) is 13. The summed E-state index contributed by atoms with van der Waals surface area (Å²) in [4.78, 5) is 43.3. The van der Waals surface area contributed by atoms with Gasteiger partial charge >= 0.3 is 0 Å². The van der Waals surface area contributed by atoms with Gasteiger partial charge in [0.05, 0.1) is 13.2 Å². The molecule has 3 amide bonds. The van der Waals surface area contributed by atoms with Crippen molar-refractivity contribution >= 4 is 17.7 Å². The first-order valence-electron chi connectivity index (χ1n) is 31.3. The van der Waals surface area contributed by atoms with Crippen molar-refractivity contribution in [2.45, 2.75) is 294 Å². The number of carbonyl (C=O) groups is 3. The van der Waals surface area contributed by atoms with E-state index in [0.717, 1.165) is 90.4 Å². The van der Waals surface area contributed by atoms with E-state index in [-0.39, 0.29) is 31.2 Å². The predicted molar refractivity (Wildman–Crippen MR) is 306 cm³/mol. The van der Waals surface area contributed by atoms with E-state index in [9.17, 15) is 39.9 Å². The van der Waals surface area contributed by atoms with E-state index in [2.05, 4.69) is 40.4 Å². The Bertz CT molecular complexity index is 1290. The largest absolute Gasteiger partial charge is 0.391 e. The Morgan fingerprint density at radius 3 is 1.33 bits per heavy atom.